The molecule has 1 aromatic carbocycles. The van der Waals surface area contributed by atoms with Crippen molar-refractivity contribution in [1.29, 1.82) is 0 Å². The van der Waals surface area contributed by atoms with Gasteiger partial charge in [-0.2, -0.15) is 0 Å². The molecule has 0 radical (unpaired) electrons. The highest BCUT2D eigenvalue weighted by atomic mass is 19.1. The first-order chi connectivity index (χ1) is 11.0. The van der Waals surface area contributed by atoms with Gasteiger partial charge in [0, 0.05) is 31.6 Å². The molecule has 1 atom stereocenters. The summed E-state index contributed by atoms with van der Waals surface area (Å²) in [5, 5.41) is 2.98. The Kier molecular flexibility index (Phi) is 6.10. The SMILES string of the molecule is CC(N)CCC(=O)NC1CCN(C(=O)c2ccccc2F)CC1. The molecule has 1 unspecified atom stereocenters. The Morgan fingerprint density at radius 1 is 1.35 bits per heavy atom. The summed E-state index contributed by atoms with van der Waals surface area (Å²) in [6, 6.07) is 6.09. The predicted octanol–water partition coefficient (Wildman–Crippen LogP) is 1.67. The first-order valence-electron chi connectivity index (χ1n) is 8.06. The molecule has 126 valence electrons. The first kappa shape index (κ1) is 17.4. The number of nitrogens with two attached hydrogens (primary N) is 1. The normalized spacial score (nSPS) is 16.9. The van der Waals surface area contributed by atoms with Crippen LogP contribution in [0.3, 0.4) is 0 Å². The van der Waals surface area contributed by atoms with Crippen molar-refractivity contribution in [2.75, 3.05) is 13.1 Å². The van der Waals surface area contributed by atoms with Gasteiger partial charge in [0.2, 0.25) is 5.91 Å². The van der Waals surface area contributed by atoms with Crippen molar-refractivity contribution in [3.8, 4) is 0 Å². The van der Waals surface area contributed by atoms with Crippen LogP contribution in [0, 0.1) is 5.82 Å². The van der Waals surface area contributed by atoms with E-state index in [-0.39, 0.29) is 29.5 Å². The van der Waals surface area contributed by atoms with Crippen molar-refractivity contribution in [3.63, 3.8) is 0 Å². The fourth-order valence-electron chi connectivity index (χ4n) is 2.69. The molecule has 1 fully saturated rings. The highest BCUT2D eigenvalue weighted by Gasteiger charge is 2.25. The van der Waals surface area contributed by atoms with Crippen molar-refractivity contribution >= 4 is 11.8 Å². The van der Waals surface area contributed by atoms with Gasteiger partial charge in [0.15, 0.2) is 0 Å². The van der Waals surface area contributed by atoms with Crippen LogP contribution in [0.15, 0.2) is 24.3 Å². The highest BCUT2D eigenvalue weighted by Crippen LogP contribution is 2.16. The maximum atomic E-state index is 13.7. The molecule has 1 aliphatic heterocycles. The average molecular weight is 321 g/mol. The second-order valence-electron chi connectivity index (χ2n) is 6.13. The van der Waals surface area contributed by atoms with E-state index in [1.54, 1.807) is 17.0 Å². The molecule has 0 aliphatic carbocycles. The van der Waals surface area contributed by atoms with Gasteiger partial charge in [-0.1, -0.05) is 12.1 Å². The van der Waals surface area contributed by atoms with Crippen LogP contribution in [-0.2, 0) is 4.79 Å². The maximum absolute atomic E-state index is 13.7. The summed E-state index contributed by atoms with van der Waals surface area (Å²) < 4.78 is 13.7. The zero-order valence-electron chi connectivity index (χ0n) is 13.4. The Balaban J connectivity index is 1.81. The van der Waals surface area contributed by atoms with E-state index in [1.807, 2.05) is 6.92 Å². The van der Waals surface area contributed by atoms with E-state index in [0.29, 0.717) is 38.8 Å². The van der Waals surface area contributed by atoms with Gasteiger partial charge in [-0.25, -0.2) is 4.39 Å². The molecular formula is C17H24FN3O2. The Hall–Kier alpha value is -1.95. The molecule has 0 saturated carbocycles. The van der Waals surface area contributed by atoms with Crippen LogP contribution in [0.5, 0.6) is 0 Å². The molecule has 1 aromatic rings. The summed E-state index contributed by atoms with van der Waals surface area (Å²) in [6.07, 6.45) is 2.46. The van der Waals surface area contributed by atoms with Crippen molar-refractivity contribution in [1.82, 2.24) is 10.2 Å². The summed E-state index contributed by atoms with van der Waals surface area (Å²) in [7, 11) is 0. The van der Waals surface area contributed by atoms with E-state index >= 15 is 0 Å². The molecule has 0 bridgehead atoms. The number of hydrogen-bond donors (Lipinski definition) is 2. The quantitative estimate of drug-likeness (QED) is 0.866. The summed E-state index contributed by atoms with van der Waals surface area (Å²) in [6.45, 7) is 2.91. The third-order valence-corrected chi connectivity index (χ3v) is 4.08. The van der Waals surface area contributed by atoms with E-state index in [1.165, 1.54) is 12.1 Å². The number of amides is 2. The number of nitrogens with zero attached hydrogens (tertiary/aromatic N) is 1. The maximum Gasteiger partial charge on any atom is 0.256 e. The van der Waals surface area contributed by atoms with Gasteiger partial charge in [0.1, 0.15) is 5.82 Å². The Morgan fingerprint density at radius 2 is 2.00 bits per heavy atom. The van der Waals surface area contributed by atoms with Crippen molar-refractivity contribution in [3.05, 3.63) is 35.6 Å². The van der Waals surface area contributed by atoms with Gasteiger partial charge in [0.05, 0.1) is 5.56 Å². The average Bonchev–Trinajstić information content (AvgIpc) is 2.53. The van der Waals surface area contributed by atoms with Crippen molar-refractivity contribution in [2.24, 2.45) is 5.73 Å². The molecule has 23 heavy (non-hydrogen) atoms. The Bertz CT molecular complexity index is 555. The minimum Gasteiger partial charge on any atom is -0.353 e. The molecule has 1 saturated heterocycles. The van der Waals surface area contributed by atoms with E-state index in [9.17, 15) is 14.0 Å². The molecule has 6 heteroatoms. The monoisotopic (exact) mass is 321 g/mol. The van der Waals surface area contributed by atoms with Gasteiger partial charge in [-0.05, 0) is 38.3 Å². The minimum absolute atomic E-state index is 0.00109. The molecule has 0 spiro atoms. The molecule has 1 aliphatic rings. The number of nitrogens with one attached hydrogen (secondary N) is 1. The number of carbonyl (C=O) groups is 2. The lowest BCUT2D eigenvalue weighted by molar-refractivity contribution is -0.122. The minimum atomic E-state index is -0.496. The number of likely N-dealkylation sites (tertiary alicyclic amines) is 1. The van der Waals surface area contributed by atoms with Crippen LogP contribution in [0.4, 0.5) is 4.39 Å². The lowest BCUT2D eigenvalue weighted by Gasteiger charge is -2.32. The molecular weight excluding hydrogens is 297 g/mol. The number of carbonyl (C=O) groups excluding carboxylic acids is 2. The van der Waals surface area contributed by atoms with Crippen LogP contribution in [0.1, 0.15) is 43.0 Å². The van der Waals surface area contributed by atoms with Gasteiger partial charge in [0.25, 0.3) is 5.91 Å². The standard InChI is InChI=1S/C17H24FN3O2/c1-12(19)6-7-16(22)20-13-8-10-21(11-9-13)17(23)14-4-2-3-5-15(14)18/h2-5,12-13H,6-11,19H2,1H3,(H,20,22). The fraction of sp³-hybridized carbons (Fsp3) is 0.529. The molecule has 0 aromatic heterocycles. The fourth-order valence-corrected chi connectivity index (χ4v) is 2.69. The largest absolute Gasteiger partial charge is 0.353 e. The Morgan fingerprint density at radius 3 is 2.61 bits per heavy atom. The van der Waals surface area contributed by atoms with Crippen LogP contribution in [0.2, 0.25) is 0 Å². The second kappa shape index (κ2) is 8.06. The topological polar surface area (TPSA) is 75.4 Å². The Labute approximate surface area is 136 Å². The lowest BCUT2D eigenvalue weighted by Crippen LogP contribution is -2.46. The summed E-state index contributed by atoms with van der Waals surface area (Å²) in [4.78, 5) is 25.8. The van der Waals surface area contributed by atoms with Gasteiger partial charge in [-0.15, -0.1) is 0 Å². The zero-order chi connectivity index (χ0) is 16.8. The van der Waals surface area contributed by atoms with Crippen LogP contribution >= 0.6 is 0 Å². The van der Waals surface area contributed by atoms with Crippen LogP contribution in [0.25, 0.3) is 0 Å². The molecule has 1 heterocycles. The lowest BCUT2D eigenvalue weighted by atomic mass is 10.0. The number of rotatable bonds is 5. The zero-order valence-corrected chi connectivity index (χ0v) is 13.4. The third kappa shape index (κ3) is 5.03. The molecule has 2 rings (SSSR count). The summed E-state index contributed by atoms with van der Waals surface area (Å²) in [5.41, 5.74) is 5.74. The van der Waals surface area contributed by atoms with Crippen LogP contribution < -0.4 is 11.1 Å². The van der Waals surface area contributed by atoms with Crippen molar-refractivity contribution < 1.29 is 14.0 Å². The van der Waals surface area contributed by atoms with E-state index in [4.69, 9.17) is 5.73 Å². The molecule has 5 nitrogen and oxygen atoms in total. The highest BCUT2D eigenvalue weighted by molar-refractivity contribution is 5.94. The van der Waals surface area contributed by atoms with Gasteiger partial charge in [-0.3, -0.25) is 9.59 Å². The molecule has 2 amide bonds. The third-order valence-electron chi connectivity index (χ3n) is 4.08. The second-order valence-corrected chi connectivity index (χ2v) is 6.13. The first-order valence-corrected chi connectivity index (χ1v) is 8.06. The van der Waals surface area contributed by atoms with E-state index < -0.39 is 5.82 Å². The van der Waals surface area contributed by atoms with Gasteiger partial charge < -0.3 is 16.0 Å². The molecule has 3 N–H and O–H groups in total. The number of hydrogen-bond acceptors (Lipinski definition) is 3. The van der Waals surface area contributed by atoms with Crippen LogP contribution in [-0.4, -0.2) is 41.9 Å². The number of benzene rings is 1. The van der Waals surface area contributed by atoms with Crippen molar-refractivity contribution in [2.45, 2.75) is 44.7 Å². The number of halogens is 1. The van der Waals surface area contributed by atoms with E-state index in [0.717, 1.165) is 0 Å². The predicted molar refractivity (Wildman–Crippen MR) is 86.4 cm³/mol. The summed E-state index contributed by atoms with van der Waals surface area (Å²) >= 11 is 0. The van der Waals surface area contributed by atoms with E-state index in [2.05, 4.69) is 5.32 Å². The van der Waals surface area contributed by atoms with Gasteiger partial charge >= 0.3 is 0 Å². The smallest absolute Gasteiger partial charge is 0.256 e. The summed E-state index contributed by atoms with van der Waals surface area (Å²) in [5.74, 6) is -0.783. The number of piperidine rings is 1.